The van der Waals surface area contributed by atoms with Crippen molar-refractivity contribution in [2.45, 2.75) is 31.5 Å². The van der Waals surface area contributed by atoms with Crippen LogP contribution in [0.25, 0.3) is 0 Å². The Hall–Kier alpha value is -2.70. The highest BCUT2D eigenvalue weighted by molar-refractivity contribution is 8.01. The van der Waals surface area contributed by atoms with Gasteiger partial charge in [-0.2, -0.15) is 26.3 Å². The van der Waals surface area contributed by atoms with Crippen molar-refractivity contribution < 1.29 is 40.5 Å². The van der Waals surface area contributed by atoms with E-state index < -0.39 is 46.2 Å². The number of amides is 2. The first-order valence-corrected chi connectivity index (χ1v) is 9.25. The van der Waals surface area contributed by atoms with E-state index in [2.05, 4.69) is 10.5 Å². The van der Waals surface area contributed by atoms with E-state index in [9.17, 15) is 35.9 Å². The van der Waals surface area contributed by atoms with Crippen LogP contribution in [0.3, 0.4) is 0 Å². The molecule has 1 atom stereocenters. The smallest absolute Gasteiger partial charge is 0.360 e. The van der Waals surface area contributed by atoms with Gasteiger partial charge in [-0.25, -0.2) is 0 Å². The fourth-order valence-electron chi connectivity index (χ4n) is 2.15. The highest BCUT2D eigenvalue weighted by Gasteiger charge is 2.37. The summed E-state index contributed by atoms with van der Waals surface area (Å²) < 4.78 is 81.9. The van der Waals surface area contributed by atoms with Crippen molar-refractivity contribution in [3.8, 4) is 0 Å². The number of nitrogens with one attached hydrogen (secondary N) is 2. The maximum atomic E-state index is 12.9. The molecule has 1 heterocycles. The number of hydrogen-bond acceptors (Lipinski definition) is 5. The van der Waals surface area contributed by atoms with Crippen molar-refractivity contribution in [1.29, 1.82) is 0 Å². The lowest BCUT2D eigenvalue weighted by Gasteiger charge is -2.15. The molecular weight excluding hydrogens is 440 g/mol. The number of hydrogen-bond donors (Lipinski definition) is 2. The largest absolute Gasteiger partial charge is 0.416 e. The van der Waals surface area contributed by atoms with Gasteiger partial charge in [0.15, 0.2) is 5.82 Å². The summed E-state index contributed by atoms with van der Waals surface area (Å²) in [5.41, 5.74) is -3.75. The van der Waals surface area contributed by atoms with Gasteiger partial charge in [-0.3, -0.25) is 9.59 Å². The molecule has 0 aliphatic rings. The van der Waals surface area contributed by atoms with Gasteiger partial charge in [0, 0.05) is 11.8 Å². The first-order valence-electron chi connectivity index (χ1n) is 8.21. The lowest BCUT2D eigenvalue weighted by molar-refractivity contribution is -0.143. The normalized spacial score (nSPS) is 13.1. The molecule has 30 heavy (non-hydrogen) atoms. The van der Waals surface area contributed by atoms with Crippen LogP contribution in [0, 0.1) is 6.92 Å². The third kappa shape index (κ3) is 6.68. The van der Waals surface area contributed by atoms with Crippen LogP contribution in [0.4, 0.5) is 37.8 Å². The third-order valence-electron chi connectivity index (χ3n) is 3.58. The van der Waals surface area contributed by atoms with Crippen LogP contribution in [-0.4, -0.2) is 28.0 Å². The Kier molecular flexibility index (Phi) is 7.06. The Morgan fingerprint density at radius 1 is 1.03 bits per heavy atom. The van der Waals surface area contributed by atoms with E-state index in [0.717, 1.165) is 11.8 Å². The molecule has 2 rings (SSSR count). The molecular formula is C17H15F6N3O3S. The Balaban J connectivity index is 2.00. The molecule has 164 valence electrons. The predicted molar refractivity (Wildman–Crippen MR) is 96.9 cm³/mol. The summed E-state index contributed by atoms with van der Waals surface area (Å²) in [4.78, 5) is 24.0. The van der Waals surface area contributed by atoms with E-state index in [-0.39, 0.29) is 17.6 Å². The number of aromatic nitrogens is 1. The van der Waals surface area contributed by atoms with Crippen LogP contribution < -0.4 is 10.6 Å². The first kappa shape index (κ1) is 23.6. The molecule has 0 unspecified atom stereocenters. The Labute approximate surface area is 170 Å². The summed E-state index contributed by atoms with van der Waals surface area (Å²) >= 11 is 0.830. The number of carbonyl (C=O) groups is 2. The van der Waals surface area contributed by atoms with Crippen LogP contribution in [0.15, 0.2) is 28.8 Å². The minimum absolute atomic E-state index is 0.0393. The molecule has 0 aliphatic carbocycles. The van der Waals surface area contributed by atoms with Crippen molar-refractivity contribution in [1.82, 2.24) is 5.16 Å². The molecule has 13 heteroatoms. The van der Waals surface area contributed by atoms with Gasteiger partial charge in [0.2, 0.25) is 11.8 Å². The van der Waals surface area contributed by atoms with Gasteiger partial charge in [-0.1, -0.05) is 5.16 Å². The Bertz CT molecular complexity index is 894. The van der Waals surface area contributed by atoms with E-state index in [1.54, 1.807) is 6.92 Å². The van der Waals surface area contributed by atoms with Gasteiger partial charge in [-0.15, -0.1) is 11.8 Å². The summed E-state index contributed by atoms with van der Waals surface area (Å²) in [5, 5.41) is 7.24. The maximum Gasteiger partial charge on any atom is 0.416 e. The standard InChI is InChI=1S/C17H15F6N3O3S/c1-8-3-13(26-29-8)25-15(28)9(2)30-7-14(27)24-12-5-10(16(18,19)20)4-11(6-12)17(21,22)23/h3-6,9H,7H2,1-2H3,(H,24,27)(H,25,26,28)/t9-/m0/s1. The maximum absolute atomic E-state index is 12.9. The number of nitrogens with zero attached hydrogens (tertiary/aromatic N) is 1. The summed E-state index contributed by atoms with van der Waals surface area (Å²) in [6.07, 6.45) is -10.1. The second-order valence-electron chi connectivity index (χ2n) is 6.11. The lowest BCUT2D eigenvalue weighted by atomic mass is 10.1. The highest BCUT2D eigenvalue weighted by atomic mass is 32.2. The van der Waals surface area contributed by atoms with Gasteiger partial charge in [0.05, 0.1) is 22.1 Å². The third-order valence-corrected chi connectivity index (χ3v) is 4.73. The molecule has 0 fully saturated rings. The average molecular weight is 455 g/mol. The molecule has 2 amide bonds. The number of rotatable bonds is 6. The molecule has 0 bridgehead atoms. The summed E-state index contributed by atoms with van der Waals surface area (Å²) in [6.45, 7) is 3.08. The van der Waals surface area contributed by atoms with E-state index in [4.69, 9.17) is 4.52 Å². The van der Waals surface area contributed by atoms with E-state index in [1.807, 2.05) is 5.32 Å². The zero-order valence-electron chi connectivity index (χ0n) is 15.4. The van der Waals surface area contributed by atoms with Crippen LogP contribution in [0.5, 0.6) is 0 Å². The minimum atomic E-state index is -5.03. The summed E-state index contributed by atoms with van der Waals surface area (Å²) in [7, 11) is 0. The number of thioether (sulfide) groups is 1. The van der Waals surface area contributed by atoms with Gasteiger partial charge in [0.1, 0.15) is 5.76 Å². The second-order valence-corrected chi connectivity index (χ2v) is 7.44. The first-order chi connectivity index (χ1) is 13.8. The average Bonchev–Trinajstić information content (AvgIpc) is 3.02. The molecule has 1 aromatic carbocycles. The number of aryl methyl sites for hydroxylation is 1. The molecule has 0 saturated carbocycles. The molecule has 1 aromatic heterocycles. The quantitative estimate of drug-likeness (QED) is 0.616. The number of halogens is 6. The lowest BCUT2D eigenvalue weighted by Crippen LogP contribution is -2.25. The van der Waals surface area contributed by atoms with Crippen LogP contribution in [-0.2, 0) is 21.9 Å². The van der Waals surface area contributed by atoms with Gasteiger partial charge in [0.25, 0.3) is 0 Å². The predicted octanol–water partition coefficient (Wildman–Crippen LogP) is 4.72. The molecule has 2 N–H and O–H groups in total. The van der Waals surface area contributed by atoms with Gasteiger partial charge < -0.3 is 15.2 Å². The van der Waals surface area contributed by atoms with E-state index in [0.29, 0.717) is 17.9 Å². The van der Waals surface area contributed by atoms with Crippen LogP contribution >= 0.6 is 11.8 Å². The van der Waals surface area contributed by atoms with Crippen molar-refractivity contribution in [2.24, 2.45) is 0 Å². The van der Waals surface area contributed by atoms with Crippen molar-refractivity contribution in [3.05, 3.63) is 41.2 Å². The molecule has 0 radical (unpaired) electrons. The number of carbonyl (C=O) groups excluding carboxylic acids is 2. The summed E-state index contributed by atoms with van der Waals surface area (Å²) in [5.74, 6) is -1.14. The van der Waals surface area contributed by atoms with Crippen LogP contribution in [0.2, 0.25) is 0 Å². The zero-order valence-corrected chi connectivity index (χ0v) is 16.3. The number of anilines is 2. The van der Waals surface area contributed by atoms with E-state index >= 15 is 0 Å². The Morgan fingerprint density at radius 2 is 1.60 bits per heavy atom. The molecule has 0 spiro atoms. The number of alkyl halides is 6. The zero-order chi connectivity index (χ0) is 22.7. The highest BCUT2D eigenvalue weighted by Crippen LogP contribution is 2.37. The molecule has 6 nitrogen and oxygen atoms in total. The monoisotopic (exact) mass is 455 g/mol. The van der Waals surface area contributed by atoms with Crippen LogP contribution in [0.1, 0.15) is 23.8 Å². The van der Waals surface area contributed by atoms with Crippen molar-refractivity contribution in [2.75, 3.05) is 16.4 Å². The fourth-order valence-corrected chi connectivity index (χ4v) is 2.84. The SMILES string of the molecule is Cc1cc(NC(=O)[C@H](C)SCC(=O)Nc2cc(C(F)(F)F)cc(C(F)(F)F)c2)no1. The number of benzene rings is 1. The molecule has 0 aliphatic heterocycles. The van der Waals surface area contributed by atoms with Crippen molar-refractivity contribution >= 4 is 35.1 Å². The second kappa shape index (κ2) is 8.98. The fraction of sp³-hybridized carbons (Fsp3) is 0.353. The Morgan fingerprint density at radius 3 is 2.07 bits per heavy atom. The van der Waals surface area contributed by atoms with E-state index in [1.165, 1.54) is 13.0 Å². The topological polar surface area (TPSA) is 84.2 Å². The minimum Gasteiger partial charge on any atom is -0.360 e. The summed E-state index contributed by atoms with van der Waals surface area (Å²) in [6, 6.07) is 2.23. The van der Waals surface area contributed by atoms with Gasteiger partial charge >= 0.3 is 12.4 Å². The van der Waals surface area contributed by atoms with Crippen molar-refractivity contribution in [3.63, 3.8) is 0 Å². The van der Waals surface area contributed by atoms with Gasteiger partial charge in [-0.05, 0) is 32.0 Å². The molecule has 0 saturated heterocycles. The molecule has 2 aromatic rings.